The van der Waals surface area contributed by atoms with Crippen molar-refractivity contribution in [1.82, 2.24) is 4.98 Å². The lowest BCUT2D eigenvalue weighted by Gasteiger charge is -2.09. The van der Waals surface area contributed by atoms with E-state index in [0.717, 1.165) is 16.7 Å². The molecule has 4 nitrogen and oxygen atoms in total. The molecular formula is C15H17ClN2O2. The van der Waals surface area contributed by atoms with Crippen LogP contribution >= 0.6 is 12.4 Å². The van der Waals surface area contributed by atoms with Crippen LogP contribution in [-0.2, 0) is 16.0 Å². The Kier molecular flexibility index (Phi) is 6.15. The van der Waals surface area contributed by atoms with Crippen molar-refractivity contribution in [1.29, 1.82) is 0 Å². The smallest absolute Gasteiger partial charge is 0.322 e. The van der Waals surface area contributed by atoms with E-state index in [1.165, 1.54) is 7.11 Å². The van der Waals surface area contributed by atoms with Crippen LogP contribution < -0.4 is 5.73 Å². The van der Waals surface area contributed by atoms with Crippen LogP contribution in [0.5, 0.6) is 0 Å². The molecule has 0 amide bonds. The van der Waals surface area contributed by atoms with Crippen molar-refractivity contribution in [3.63, 3.8) is 0 Å². The first-order valence-corrected chi connectivity index (χ1v) is 6.03. The second-order valence-corrected chi connectivity index (χ2v) is 4.27. The maximum absolute atomic E-state index is 11.3. The zero-order chi connectivity index (χ0) is 13.7. The number of ether oxygens (including phenoxy) is 1. The number of esters is 1. The van der Waals surface area contributed by atoms with Gasteiger partial charge in [-0.25, -0.2) is 0 Å². The molecule has 2 rings (SSSR count). The lowest BCUT2D eigenvalue weighted by atomic mass is 10.0. The molecule has 106 valence electrons. The van der Waals surface area contributed by atoms with Gasteiger partial charge in [0, 0.05) is 12.4 Å². The fourth-order valence-corrected chi connectivity index (χ4v) is 1.87. The number of hydrogen-bond acceptors (Lipinski definition) is 4. The molecule has 1 aromatic carbocycles. The molecule has 2 N–H and O–H groups in total. The van der Waals surface area contributed by atoms with Gasteiger partial charge in [0.25, 0.3) is 0 Å². The van der Waals surface area contributed by atoms with Crippen LogP contribution in [0.25, 0.3) is 11.1 Å². The molecule has 1 unspecified atom stereocenters. The fraction of sp³-hybridized carbons (Fsp3) is 0.200. The summed E-state index contributed by atoms with van der Waals surface area (Å²) in [4.78, 5) is 15.2. The summed E-state index contributed by atoms with van der Waals surface area (Å²) in [5.74, 6) is -0.391. The predicted molar refractivity (Wildman–Crippen MR) is 80.6 cm³/mol. The number of carbonyl (C=O) groups is 1. The maximum atomic E-state index is 11.3. The second-order valence-electron chi connectivity index (χ2n) is 4.27. The van der Waals surface area contributed by atoms with Gasteiger partial charge in [-0.3, -0.25) is 9.78 Å². The van der Waals surface area contributed by atoms with Gasteiger partial charge >= 0.3 is 5.97 Å². The van der Waals surface area contributed by atoms with Gasteiger partial charge < -0.3 is 10.5 Å². The average molecular weight is 293 g/mol. The maximum Gasteiger partial charge on any atom is 0.322 e. The second kappa shape index (κ2) is 7.62. The summed E-state index contributed by atoms with van der Waals surface area (Å²) < 4.78 is 4.61. The van der Waals surface area contributed by atoms with Crippen molar-refractivity contribution in [3.05, 3.63) is 54.4 Å². The third-order valence-corrected chi connectivity index (χ3v) is 2.93. The molecule has 0 spiro atoms. The quantitative estimate of drug-likeness (QED) is 0.878. The Labute approximate surface area is 124 Å². The van der Waals surface area contributed by atoms with E-state index in [1.807, 2.05) is 36.4 Å². The number of rotatable bonds is 4. The van der Waals surface area contributed by atoms with Crippen LogP contribution in [0.15, 0.2) is 48.8 Å². The molecule has 0 radical (unpaired) electrons. The minimum absolute atomic E-state index is 0. The van der Waals surface area contributed by atoms with Gasteiger partial charge in [0.2, 0.25) is 0 Å². The number of nitrogens with two attached hydrogens (primary N) is 1. The summed E-state index contributed by atoms with van der Waals surface area (Å²) in [5.41, 5.74) is 8.96. The molecular weight excluding hydrogens is 276 g/mol. The van der Waals surface area contributed by atoms with Crippen molar-refractivity contribution in [3.8, 4) is 11.1 Å². The Bertz CT molecular complexity index is 544. The van der Waals surface area contributed by atoms with E-state index in [0.29, 0.717) is 6.42 Å². The van der Waals surface area contributed by atoms with Crippen molar-refractivity contribution in [2.24, 2.45) is 5.73 Å². The molecule has 20 heavy (non-hydrogen) atoms. The molecule has 1 heterocycles. The topological polar surface area (TPSA) is 65.2 Å². The summed E-state index contributed by atoms with van der Waals surface area (Å²) in [6.07, 6.45) is 4.00. The zero-order valence-corrected chi connectivity index (χ0v) is 12.0. The molecule has 5 heteroatoms. The average Bonchev–Trinajstić information content (AvgIpc) is 2.48. The highest BCUT2D eigenvalue weighted by atomic mass is 35.5. The highest BCUT2D eigenvalue weighted by Gasteiger charge is 2.13. The van der Waals surface area contributed by atoms with Gasteiger partial charge in [0.05, 0.1) is 7.11 Å². The first-order chi connectivity index (χ1) is 9.20. The Morgan fingerprint density at radius 1 is 1.15 bits per heavy atom. The van der Waals surface area contributed by atoms with E-state index < -0.39 is 12.0 Å². The van der Waals surface area contributed by atoms with Crippen LogP contribution in [0.2, 0.25) is 0 Å². The summed E-state index contributed by atoms with van der Waals surface area (Å²) >= 11 is 0. The van der Waals surface area contributed by atoms with Crippen molar-refractivity contribution >= 4 is 18.4 Å². The zero-order valence-electron chi connectivity index (χ0n) is 11.2. The van der Waals surface area contributed by atoms with E-state index in [9.17, 15) is 4.79 Å². The van der Waals surface area contributed by atoms with Crippen molar-refractivity contribution < 1.29 is 9.53 Å². The van der Waals surface area contributed by atoms with Gasteiger partial charge in [-0.2, -0.15) is 0 Å². The van der Waals surface area contributed by atoms with E-state index in [1.54, 1.807) is 12.4 Å². The monoisotopic (exact) mass is 292 g/mol. The van der Waals surface area contributed by atoms with Crippen LogP contribution in [0.1, 0.15) is 5.56 Å². The number of nitrogens with zero attached hydrogens (tertiary/aromatic N) is 1. The third-order valence-electron chi connectivity index (χ3n) is 2.93. The molecule has 1 atom stereocenters. The number of pyridine rings is 1. The Morgan fingerprint density at radius 2 is 1.70 bits per heavy atom. The molecule has 0 aliphatic heterocycles. The first-order valence-electron chi connectivity index (χ1n) is 6.03. The van der Waals surface area contributed by atoms with Gasteiger partial charge in [0.1, 0.15) is 6.04 Å². The number of benzene rings is 1. The Balaban J connectivity index is 0.00000200. The largest absolute Gasteiger partial charge is 0.468 e. The number of aromatic nitrogens is 1. The number of carbonyl (C=O) groups excluding carboxylic acids is 1. The molecule has 0 aliphatic carbocycles. The van der Waals surface area contributed by atoms with Crippen molar-refractivity contribution in [2.45, 2.75) is 12.5 Å². The van der Waals surface area contributed by atoms with Gasteiger partial charge in [-0.05, 0) is 35.2 Å². The van der Waals surface area contributed by atoms with E-state index in [2.05, 4.69) is 9.72 Å². The Morgan fingerprint density at radius 3 is 2.25 bits per heavy atom. The summed E-state index contributed by atoms with van der Waals surface area (Å²) in [5, 5.41) is 0. The molecule has 0 aliphatic rings. The third kappa shape index (κ3) is 4.05. The van der Waals surface area contributed by atoms with E-state index in [-0.39, 0.29) is 12.4 Å². The summed E-state index contributed by atoms with van der Waals surface area (Å²) in [6, 6.07) is 11.3. The number of methoxy groups -OCH3 is 1. The summed E-state index contributed by atoms with van der Waals surface area (Å²) in [7, 11) is 1.34. The normalized spacial score (nSPS) is 11.3. The highest BCUT2D eigenvalue weighted by Crippen LogP contribution is 2.19. The van der Waals surface area contributed by atoms with Gasteiger partial charge in [-0.1, -0.05) is 24.3 Å². The fourth-order valence-electron chi connectivity index (χ4n) is 1.87. The number of halogens is 1. The molecule has 0 bridgehead atoms. The molecule has 0 fully saturated rings. The molecule has 2 aromatic rings. The van der Waals surface area contributed by atoms with Crippen LogP contribution in [0.4, 0.5) is 0 Å². The standard InChI is InChI=1S/C15H16N2O2.ClH/c1-19-15(18)14(16)10-11-2-4-12(5-3-11)13-6-8-17-9-7-13;/h2-9,14H,10,16H2,1H3;1H. The first kappa shape index (κ1) is 16.1. The Hall–Kier alpha value is -1.91. The highest BCUT2D eigenvalue weighted by molar-refractivity contribution is 5.85. The SMILES string of the molecule is COC(=O)C(N)Cc1ccc(-c2ccncc2)cc1.Cl. The number of hydrogen-bond donors (Lipinski definition) is 1. The van der Waals surface area contributed by atoms with Crippen molar-refractivity contribution in [2.75, 3.05) is 7.11 Å². The van der Waals surface area contributed by atoms with Gasteiger partial charge in [-0.15, -0.1) is 12.4 Å². The van der Waals surface area contributed by atoms with E-state index in [4.69, 9.17) is 5.73 Å². The van der Waals surface area contributed by atoms with E-state index >= 15 is 0 Å². The summed E-state index contributed by atoms with van der Waals surface area (Å²) in [6.45, 7) is 0. The minimum Gasteiger partial charge on any atom is -0.468 e. The van der Waals surface area contributed by atoms with Crippen LogP contribution in [-0.4, -0.2) is 24.1 Å². The predicted octanol–water partition coefficient (Wildman–Crippen LogP) is 2.21. The van der Waals surface area contributed by atoms with Crippen LogP contribution in [0, 0.1) is 0 Å². The minimum atomic E-state index is -0.614. The lowest BCUT2D eigenvalue weighted by molar-refractivity contribution is -0.142. The lowest BCUT2D eigenvalue weighted by Crippen LogP contribution is -2.33. The molecule has 1 aromatic heterocycles. The van der Waals surface area contributed by atoms with Crippen LogP contribution in [0.3, 0.4) is 0 Å². The van der Waals surface area contributed by atoms with Gasteiger partial charge in [0.15, 0.2) is 0 Å². The molecule has 0 saturated heterocycles. The molecule has 0 saturated carbocycles.